The molecular formula is C19H27FN2O2. The fourth-order valence-electron chi connectivity index (χ4n) is 3.74. The molecule has 132 valence electrons. The summed E-state index contributed by atoms with van der Waals surface area (Å²) in [5.74, 6) is 0.591. The number of halogens is 1. The molecular weight excluding hydrogens is 307 g/mol. The van der Waals surface area contributed by atoms with Crippen LogP contribution in [0, 0.1) is 5.82 Å². The standard InChI is InChI=1S/C19H27FN2O2/c1-24-11-8-19(23)22-9-6-17(7-10-22)21-18-12-15(13-18)14-2-4-16(20)5-3-14/h2-5,15,17-18,21H,6-13H2,1H3. The molecule has 0 aromatic heterocycles. The van der Waals surface area contributed by atoms with Crippen molar-refractivity contribution in [2.45, 2.75) is 50.1 Å². The van der Waals surface area contributed by atoms with Gasteiger partial charge in [0.05, 0.1) is 13.0 Å². The molecule has 0 radical (unpaired) electrons. The Morgan fingerprint density at radius 3 is 2.50 bits per heavy atom. The van der Waals surface area contributed by atoms with Gasteiger partial charge in [-0.15, -0.1) is 0 Å². The van der Waals surface area contributed by atoms with E-state index in [1.165, 1.54) is 5.56 Å². The summed E-state index contributed by atoms with van der Waals surface area (Å²) in [7, 11) is 1.63. The average molecular weight is 334 g/mol. The van der Waals surface area contributed by atoms with Gasteiger partial charge in [0.25, 0.3) is 0 Å². The fourth-order valence-corrected chi connectivity index (χ4v) is 3.74. The summed E-state index contributed by atoms with van der Waals surface area (Å²) >= 11 is 0. The third-order valence-corrected chi connectivity index (χ3v) is 5.32. The number of hydrogen-bond donors (Lipinski definition) is 1. The van der Waals surface area contributed by atoms with E-state index < -0.39 is 0 Å². The van der Waals surface area contributed by atoms with Gasteiger partial charge in [0, 0.05) is 32.3 Å². The van der Waals surface area contributed by atoms with Crippen molar-refractivity contribution >= 4 is 5.91 Å². The summed E-state index contributed by atoms with van der Waals surface area (Å²) in [5, 5.41) is 3.73. The van der Waals surface area contributed by atoms with E-state index in [4.69, 9.17) is 4.74 Å². The summed E-state index contributed by atoms with van der Waals surface area (Å²) in [6.45, 7) is 2.19. The van der Waals surface area contributed by atoms with Crippen LogP contribution in [0.25, 0.3) is 0 Å². The van der Waals surface area contributed by atoms with E-state index in [9.17, 15) is 9.18 Å². The highest BCUT2D eigenvalue weighted by molar-refractivity contribution is 5.76. The first-order valence-corrected chi connectivity index (χ1v) is 8.94. The third kappa shape index (κ3) is 4.33. The predicted octanol–water partition coefficient (Wildman–Crippen LogP) is 2.69. The Hall–Kier alpha value is -1.46. The Balaban J connectivity index is 1.36. The van der Waals surface area contributed by atoms with Crippen molar-refractivity contribution in [3.63, 3.8) is 0 Å². The highest BCUT2D eigenvalue weighted by atomic mass is 19.1. The number of hydrogen-bond acceptors (Lipinski definition) is 3. The number of carbonyl (C=O) groups is 1. The van der Waals surface area contributed by atoms with E-state index in [1.807, 2.05) is 17.0 Å². The van der Waals surface area contributed by atoms with Crippen molar-refractivity contribution in [1.29, 1.82) is 0 Å². The van der Waals surface area contributed by atoms with E-state index in [2.05, 4.69) is 5.32 Å². The number of carbonyl (C=O) groups excluding carboxylic acids is 1. The van der Waals surface area contributed by atoms with Gasteiger partial charge >= 0.3 is 0 Å². The van der Waals surface area contributed by atoms with Crippen molar-refractivity contribution in [3.8, 4) is 0 Å². The minimum absolute atomic E-state index is 0.167. The molecule has 1 N–H and O–H groups in total. The Labute approximate surface area is 143 Å². The molecule has 1 aromatic rings. The van der Waals surface area contributed by atoms with Gasteiger partial charge in [-0.05, 0) is 49.3 Å². The van der Waals surface area contributed by atoms with Crippen molar-refractivity contribution < 1.29 is 13.9 Å². The number of likely N-dealkylation sites (tertiary alicyclic amines) is 1. The van der Waals surface area contributed by atoms with E-state index in [-0.39, 0.29) is 11.7 Å². The molecule has 1 aromatic carbocycles. The van der Waals surface area contributed by atoms with Gasteiger partial charge in [0.2, 0.25) is 5.91 Å². The maximum Gasteiger partial charge on any atom is 0.224 e. The first kappa shape index (κ1) is 17.4. The molecule has 0 spiro atoms. The summed E-state index contributed by atoms with van der Waals surface area (Å²) < 4.78 is 17.9. The molecule has 0 bridgehead atoms. The minimum Gasteiger partial charge on any atom is -0.384 e. The van der Waals surface area contributed by atoms with Gasteiger partial charge in [-0.1, -0.05) is 12.1 Å². The Bertz CT molecular complexity index is 535. The van der Waals surface area contributed by atoms with E-state index in [0.29, 0.717) is 31.0 Å². The molecule has 1 aliphatic heterocycles. The molecule has 1 saturated carbocycles. The molecule has 1 amide bonds. The van der Waals surface area contributed by atoms with Crippen LogP contribution in [0.15, 0.2) is 24.3 Å². The van der Waals surface area contributed by atoms with Crippen LogP contribution in [0.3, 0.4) is 0 Å². The summed E-state index contributed by atoms with van der Waals surface area (Å²) in [6.07, 6.45) is 4.78. The second-order valence-electron chi connectivity index (χ2n) is 6.98. The first-order chi connectivity index (χ1) is 11.7. The van der Waals surface area contributed by atoms with E-state index in [1.54, 1.807) is 19.2 Å². The number of methoxy groups -OCH3 is 1. The Kier molecular flexibility index (Phi) is 5.85. The number of benzene rings is 1. The molecule has 24 heavy (non-hydrogen) atoms. The zero-order valence-corrected chi connectivity index (χ0v) is 14.3. The molecule has 1 heterocycles. The zero-order valence-electron chi connectivity index (χ0n) is 14.3. The van der Waals surface area contributed by atoms with Gasteiger partial charge in [-0.2, -0.15) is 0 Å². The number of nitrogens with zero attached hydrogens (tertiary/aromatic N) is 1. The molecule has 0 atom stereocenters. The fraction of sp³-hybridized carbons (Fsp3) is 0.632. The maximum absolute atomic E-state index is 13.0. The van der Waals surface area contributed by atoms with Gasteiger partial charge in [0.1, 0.15) is 5.82 Å². The predicted molar refractivity (Wildman–Crippen MR) is 91.4 cm³/mol. The van der Waals surface area contributed by atoms with Crippen LogP contribution in [0.4, 0.5) is 4.39 Å². The molecule has 0 unspecified atom stereocenters. The molecule has 3 rings (SSSR count). The smallest absolute Gasteiger partial charge is 0.224 e. The summed E-state index contributed by atoms with van der Waals surface area (Å²) in [5.41, 5.74) is 1.24. The van der Waals surface area contributed by atoms with Gasteiger partial charge < -0.3 is 15.0 Å². The molecule has 4 nitrogen and oxygen atoms in total. The highest BCUT2D eigenvalue weighted by Gasteiger charge is 2.32. The van der Waals surface area contributed by atoms with Crippen molar-refractivity contribution in [2.75, 3.05) is 26.8 Å². The highest BCUT2D eigenvalue weighted by Crippen LogP contribution is 2.37. The van der Waals surface area contributed by atoms with Crippen LogP contribution in [0.2, 0.25) is 0 Å². The van der Waals surface area contributed by atoms with Crippen LogP contribution in [0.1, 0.15) is 43.6 Å². The molecule has 2 fully saturated rings. The number of ether oxygens (including phenoxy) is 1. The number of amides is 1. The van der Waals surface area contributed by atoms with Crippen LogP contribution >= 0.6 is 0 Å². The Morgan fingerprint density at radius 1 is 1.21 bits per heavy atom. The summed E-state index contributed by atoms with van der Waals surface area (Å²) in [6, 6.07) is 7.97. The summed E-state index contributed by atoms with van der Waals surface area (Å²) in [4.78, 5) is 13.9. The molecule has 5 heteroatoms. The largest absolute Gasteiger partial charge is 0.384 e. The lowest BCUT2D eigenvalue weighted by molar-refractivity contribution is -0.133. The number of rotatable bonds is 6. The van der Waals surface area contributed by atoms with Gasteiger partial charge in [-0.3, -0.25) is 4.79 Å². The lowest BCUT2D eigenvalue weighted by Gasteiger charge is -2.41. The van der Waals surface area contributed by atoms with Crippen LogP contribution in [-0.2, 0) is 9.53 Å². The first-order valence-electron chi connectivity index (χ1n) is 8.94. The monoisotopic (exact) mass is 334 g/mol. The SMILES string of the molecule is COCCC(=O)N1CCC(NC2CC(c3ccc(F)cc3)C2)CC1. The second-order valence-corrected chi connectivity index (χ2v) is 6.98. The molecule has 1 saturated heterocycles. The average Bonchev–Trinajstić information content (AvgIpc) is 2.57. The third-order valence-electron chi connectivity index (χ3n) is 5.32. The van der Waals surface area contributed by atoms with Crippen LogP contribution < -0.4 is 5.32 Å². The Morgan fingerprint density at radius 2 is 1.88 bits per heavy atom. The molecule has 1 aliphatic carbocycles. The minimum atomic E-state index is -0.167. The maximum atomic E-state index is 13.0. The second kappa shape index (κ2) is 8.08. The lowest BCUT2D eigenvalue weighted by atomic mass is 9.75. The van der Waals surface area contributed by atoms with E-state index >= 15 is 0 Å². The normalized spacial score (nSPS) is 24.7. The van der Waals surface area contributed by atoms with Gasteiger partial charge in [-0.25, -0.2) is 4.39 Å². The quantitative estimate of drug-likeness (QED) is 0.870. The topological polar surface area (TPSA) is 41.6 Å². The van der Waals surface area contributed by atoms with Gasteiger partial charge in [0.15, 0.2) is 0 Å². The van der Waals surface area contributed by atoms with Crippen molar-refractivity contribution in [3.05, 3.63) is 35.6 Å². The van der Waals surface area contributed by atoms with Crippen molar-refractivity contribution in [1.82, 2.24) is 10.2 Å². The number of piperidine rings is 1. The number of nitrogens with one attached hydrogen (secondary N) is 1. The van der Waals surface area contributed by atoms with Crippen LogP contribution in [-0.4, -0.2) is 49.7 Å². The van der Waals surface area contributed by atoms with E-state index in [0.717, 1.165) is 38.8 Å². The zero-order chi connectivity index (χ0) is 16.9. The lowest BCUT2D eigenvalue weighted by Crippen LogP contribution is -2.50. The molecule has 2 aliphatic rings. The van der Waals surface area contributed by atoms with Crippen LogP contribution in [0.5, 0.6) is 0 Å². The van der Waals surface area contributed by atoms with Crippen molar-refractivity contribution in [2.24, 2.45) is 0 Å².